The van der Waals surface area contributed by atoms with E-state index in [1.165, 1.54) is 0 Å². The third kappa shape index (κ3) is 55.3. The van der Waals surface area contributed by atoms with Crippen molar-refractivity contribution in [2.45, 2.75) is 0 Å². The van der Waals surface area contributed by atoms with Crippen LogP contribution in [0.15, 0.2) is 0 Å². The van der Waals surface area contributed by atoms with Gasteiger partial charge in [0.2, 0.25) is 0 Å². The molecule has 5 heavy (non-hydrogen) atoms. The molecule has 0 spiro atoms. The minimum atomic E-state index is 0. The van der Waals surface area contributed by atoms with Crippen molar-refractivity contribution in [3.8, 4) is 0 Å². The van der Waals surface area contributed by atoms with Crippen LogP contribution in [0.1, 0.15) is 0 Å². The molecule has 0 amide bonds. The number of halogens is 2. The Balaban J connectivity index is 0. The average Bonchev–Trinajstić information content (AvgIpc) is 0. The van der Waals surface area contributed by atoms with Gasteiger partial charge >= 0.3 is 0 Å². The van der Waals surface area contributed by atoms with Crippen LogP contribution in [0.3, 0.4) is 0 Å². The molecule has 0 aromatic rings. The quantitative estimate of drug-likeness (QED) is 0.480. The van der Waals surface area contributed by atoms with Crippen LogP contribution < -0.4 is 0 Å². The van der Waals surface area contributed by atoms with E-state index in [-0.39, 0.29) is 50.4 Å². The summed E-state index contributed by atoms with van der Waals surface area (Å²) in [6.45, 7) is 0. The summed E-state index contributed by atoms with van der Waals surface area (Å²) in [6, 6.07) is 0. The molecule has 0 atom stereocenters. The Morgan fingerprint density at radius 3 is 0.400 bits per heavy atom. The van der Waals surface area contributed by atoms with Gasteiger partial charge in [-0.15, -0.1) is 34.0 Å². The van der Waals surface area contributed by atoms with Gasteiger partial charge in [-0.2, -0.15) is 0 Å². The van der Waals surface area contributed by atoms with Crippen LogP contribution in [-0.2, 0) is 0 Å². The van der Waals surface area contributed by atoms with E-state index in [9.17, 15) is 0 Å². The Morgan fingerprint density at radius 2 is 0.400 bits per heavy atom. The number of rotatable bonds is 0. The fraction of sp³-hybridized carbons (Fsp3) is 0. The average molecular weight is 216 g/mol. The highest BCUT2D eigenvalue weighted by molar-refractivity contribution is 8.93. The van der Waals surface area contributed by atoms with Gasteiger partial charge in [0.25, 0.3) is 0 Å². The van der Waals surface area contributed by atoms with Crippen LogP contribution in [-0.4, -0.2) is 16.4 Å². The van der Waals surface area contributed by atoms with Crippen molar-refractivity contribution in [3.05, 3.63) is 0 Å². The van der Waals surface area contributed by atoms with Gasteiger partial charge in [-0.25, -0.2) is 0 Å². The van der Waals surface area contributed by atoms with Gasteiger partial charge in [0.05, 0.1) is 0 Å². The molecule has 0 saturated carbocycles. The van der Waals surface area contributed by atoms with Crippen LogP contribution in [0.5, 0.6) is 0 Å². The lowest BCUT2D eigenvalue weighted by Crippen LogP contribution is -0.290. The van der Waals surface area contributed by atoms with Crippen LogP contribution in [0.2, 0.25) is 0 Å². The van der Waals surface area contributed by atoms with E-state index in [0.29, 0.717) is 0 Å². The monoisotopic (exact) mass is 214 g/mol. The lowest BCUT2D eigenvalue weighted by atomic mass is 16.0. The molecule has 0 unspecified atom stereocenters. The zero-order valence-electron chi connectivity index (χ0n) is 2.32. The van der Waals surface area contributed by atoms with Gasteiger partial charge < -0.3 is 16.4 Å². The molecule has 5 heteroatoms. The van der Waals surface area contributed by atoms with Crippen molar-refractivity contribution in [2.24, 2.45) is 0 Å². The smallest absolute Gasteiger partial charge is 0.114 e. The van der Waals surface area contributed by atoms with Crippen molar-refractivity contribution >= 4 is 34.0 Å². The molecule has 0 radical (unpaired) electrons. The zero-order valence-corrected chi connectivity index (χ0v) is 5.74. The summed E-state index contributed by atoms with van der Waals surface area (Å²) in [5.41, 5.74) is 0. The van der Waals surface area contributed by atoms with E-state index >= 15 is 0 Å². The van der Waals surface area contributed by atoms with E-state index in [1.807, 2.05) is 0 Å². The Hall–Kier alpha value is 0.840. The second kappa shape index (κ2) is 101. The first-order valence-corrected chi connectivity index (χ1v) is 0. The molecule has 0 aliphatic heterocycles. The first-order valence-electron chi connectivity index (χ1n) is 0. The van der Waals surface area contributed by atoms with E-state index < -0.39 is 0 Å². The predicted octanol–water partition coefficient (Wildman–Crippen LogP) is -1.32. The first kappa shape index (κ1) is 194. The highest BCUT2D eigenvalue weighted by Crippen LogP contribution is 0.847. The highest BCUT2D eigenvalue weighted by atomic mass is 79.9. The maximum atomic E-state index is 0. The minimum absolute atomic E-state index is 0. The molecule has 0 bridgehead atoms. The summed E-state index contributed by atoms with van der Waals surface area (Å²) in [5, 5.41) is 0. The maximum absolute atomic E-state index is 0. The fourth-order valence-electron chi connectivity index (χ4n) is 0. The van der Waals surface area contributed by atoms with E-state index in [2.05, 4.69) is 0 Å². The molecule has 0 aliphatic carbocycles. The molecule has 0 heterocycles. The number of hydrogen-bond donors (Lipinski definition) is 0. The van der Waals surface area contributed by atoms with Gasteiger partial charge in [0.1, 0.15) is 0 Å². The van der Waals surface area contributed by atoms with Crippen LogP contribution in [0.25, 0.3) is 0 Å². The third-order valence-electron chi connectivity index (χ3n) is 0. The molecular weight excluding hydrogens is 208 g/mol. The van der Waals surface area contributed by atoms with Crippen molar-refractivity contribution in [1.82, 2.24) is 0 Å². The van der Waals surface area contributed by atoms with Crippen molar-refractivity contribution in [1.29, 1.82) is 0 Å². The molecule has 0 fully saturated rings. The zero-order chi connectivity index (χ0) is 0. The summed E-state index contributed by atoms with van der Waals surface area (Å²) in [4.78, 5) is 0. The summed E-state index contributed by atoms with van der Waals surface area (Å²) in [6.07, 6.45) is 0. The molecule has 0 rings (SSSR count). The van der Waals surface area contributed by atoms with Gasteiger partial charge in [0, 0.05) is 0 Å². The van der Waals surface area contributed by atoms with E-state index in [1.54, 1.807) is 0 Å². The summed E-state index contributed by atoms with van der Waals surface area (Å²) in [5.74, 6) is 0. The van der Waals surface area contributed by atoms with E-state index in [4.69, 9.17) is 0 Å². The summed E-state index contributed by atoms with van der Waals surface area (Å²) >= 11 is 0. The van der Waals surface area contributed by atoms with Crippen molar-refractivity contribution in [3.63, 3.8) is 0 Å². The Kier molecular flexibility index (Phi) is 3920. The molecule has 3 nitrogen and oxygen atoms in total. The number of hydrogen-bond acceptors (Lipinski definition) is 0. The minimum Gasteiger partial charge on any atom is -0.412 e. The Bertz CT molecular complexity index is 4.85. The highest BCUT2D eigenvalue weighted by Gasteiger charge is -0.113. The Morgan fingerprint density at radius 1 is 0.400 bits per heavy atom. The molecule has 0 aromatic carbocycles. The largest absolute Gasteiger partial charge is 0.412 e. The third-order valence-corrected chi connectivity index (χ3v) is 0. The molecule has 0 aliphatic rings. The molecular formula is H8Br2O3. The molecule has 6 N–H and O–H groups in total. The van der Waals surface area contributed by atoms with Crippen LogP contribution in [0.4, 0.5) is 0 Å². The standard InChI is InChI=1S/2BrH.3H2O/h2*1H;3*1H2. The Labute approximate surface area is 50.8 Å². The fourth-order valence-corrected chi connectivity index (χ4v) is 0. The molecule has 40 valence electrons. The maximum Gasteiger partial charge on any atom is -0.114 e. The SMILES string of the molecule is Br.Br.O.O.O. The summed E-state index contributed by atoms with van der Waals surface area (Å²) in [7, 11) is 0. The first-order chi connectivity index (χ1) is 0. The predicted molar refractivity (Wildman–Crippen MR) is 31.5 cm³/mol. The second-order valence-electron chi connectivity index (χ2n) is 0. The molecule has 0 saturated heterocycles. The van der Waals surface area contributed by atoms with Crippen molar-refractivity contribution in [2.75, 3.05) is 0 Å². The van der Waals surface area contributed by atoms with Gasteiger partial charge in [0.15, 0.2) is 0 Å². The van der Waals surface area contributed by atoms with Crippen LogP contribution >= 0.6 is 34.0 Å². The van der Waals surface area contributed by atoms with Gasteiger partial charge in [-0.05, 0) is 0 Å². The van der Waals surface area contributed by atoms with Crippen molar-refractivity contribution < 1.29 is 16.4 Å². The van der Waals surface area contributed by atoms with Crippen LogP contribution in [0, 0.1) is 0 Å². The topological polar surface area (TPSA) is 94.5 Å². The molecule has 0 aromatic heterocycles. The lowest BCUT2D eigenvalue weighted by Gasteiger charge is -0.413. The van der Waals surface area contributed by atoms with Gasteiger partial charge in [-0.3, -0.25) is 0 Å². The summed E-state index contributed by atoms with van der Waals surface area (Å²) < 4.78 is 0. The van der Waals surface area contributed by atoms with Gasteiger partial charge in [-0.1, -0.05) is 0 Å². The van der Waals surface area contributed by atoms with E-state index in [0.717, 1.165) is 0 Å². The normalized spacial score (nSPS) is 0. The lowest BCUT2D eigenvalue weighted by molar-refractivity contribution is 0.823. The second-order valence-corrected chi connectivity index (χ2v) is 0.